The van der Waals surface area contributed by atoms with Crippen molar-refractivity contribution in [1.29, 1.82) is 0 Å². The van der Waals surface area contributed by atoms with Crippen molar-refractivity contribution in [2.24, 2.45) is 5.10 Å². The molecule has 0 bridgehead atoms. The van der Waals surface area contributed by atoms with Gasteiger partial charge in [-0.15, -0.1) is 0 Å². The van der Waals surface area contributed by atoms with Gasteiger partial charge in [-0.3, -0.25) is 9.59 Å². The van der Waals surface area contributed by atoms with Crippen molar-refractivity contribution in [3.63, 3.8) is 0 Å². The predicted octanol–water partition coefficient (Wildman–Crippen LogP) is 3.26. The zero-order chi connectivity index (χ0) is 23.3. The lowest BCUT2D eigenvalue weighted by molar-refractivity contribution is -0.141. The van der Waals surface area contributed by atoms with E-state index in [1.165, 1.54) is 5.01 Å². The number of hydrazone groups is 1. The molecule has 0 spiro atoms. The lowest BCUT2D eigenvalue weighted by Crippen LogP contribution is -2.27. The maximum atomic E-state index is 12.9. The molecule has 2 aromatic rings. The standard InChI is InChI=1S/C23H26N2O7/c1-29-15-6-7-16(20(12-15)31-3)18-13-17(24-25(18)22(26)9-10-23(27)28)14-5-8-19(30-2)21(11-14)32-4/h5-8,11-12,18H,9-10,13H2,1-4H3,(H,27,28)/t18-/m0/s1. The molecule has 0 unspecified atom stereocenters. The highest BCUT2D eigenvalue weighted by atomic mass is 16.5. The van der Waals surface area contributed by atoms with Crippen LogP contribution < -0.4 is 18.9 Å². The highest BCUT2D eigenvalue weighted by molar-refractivity contribution is 6.03. The van der Waals surface area contributed by atoms with E-state index in [2.05, 4.69) is 5.10 Å². The van der Waals surface area contributed by atoms with Crippen LogP contribution in [0.3, 0.4) is 0 Å². The van der Waals surface area contributed by atoms with Crippen molar-refractivity contribution in [1.82, 2.24) is 5.01 Å². The van der Waals surface area contributed by atoms with Crippen LogP contribution in [0.1, 0.15) is 36.4 Å². The van der Waals surface area contributed by atoms with Gasteiger partial charge in [0.2, 0.25) is 5.91 Å². The molecule has 1 amide bonds. The van der Waals surface area contributed by atoms with Crippen LogP contribution in [0.5, 0.6) is 23.0 Å². The number of rotatable bonds is 9. The monoisotopic (exact) mass is 442 g/mol. The van der Waals surface area contributed by atoms with Crippen molar-refractivity contribution < 1.29 is 33.6 Å². The number of hydrogen-bond donors (Lipinski definition) is 1. The van der Waals surface area contributed by atoms with E-state index >= 15 is 0 Å². The van der Waals surface area contributed by atoms with Crippen LogP contribution in [0.4, 0.5) is 0 Å². The Hall–Kier alpha value is -3.75. The molecule has 1 aliphatic heterocycles. The number of hydrogen-bond acceptors (Lipinski definition) is 7. The average Bonchev–Trinajstić information content (AvgIpc) is 3.26. The number of carbonyl (C=O) groups is 2. The molecule has 1 heterocycles. The molecular formula is C23H26N2O7. The largest absolute Gasteiger partial charge is 0.497 e. The molecule has 1 atom stereocenters. The van der Waals surface area contributed by atoms with E-state index < -0.39 is 12.0 Å². The van der Waals surface area contributed by atoms with Gasteiger partial charge < -0.3 is 24.1 Å². The Bertz CT molecular complexity index is 1040. The molecular weight excluding hydrogens is 416 g/mol. The first kappa shape index (κ1) is 22.9. The van der Waals surface area contributed by atoms with E-state index in [-0.39, 0.29) is 18.7 Å². The number of nitrogens with zero attached hydrogens (tertiary/aromatic N) is 2. The number of methoxy groups -OCH3 is 4. The fraction of sp³-hybridized carbons (Fsp3) is 0.348. The highest BCUT2D eigenvalue weighted by Crippen LogP contribution is 2.40. The summed E-state index contributed by atoms with van der Waals surface area (Å²) in [7, 11) is 6.20. The Morgan fingerprint density at radius 2 is 1.66 bits per heavy atom. The molecule has 0 saturated heterocycles. The minimum atomic E-state index is -1.04. The first-order chi connectivity index (χ1) is 15.4. The Morgan fingerprint density at radius 1 is 0.938 bits per heavy atom. The molecule has 1 N–H and O–H groups in total. The van der Waals surface area contributed by atoms with Crippen molar-refractivity contribution in [2.45, 2.75) is 25.3 Å². The molecule has 0 fully saturated rings. The summed E-state index contributed by atoms with van der Waals surface area (Å²) in [6, 6.07) is 10.3. The summed E-state index contributed by atoms with van der Waals surface area (Å²) in [6.45, 7) is 0. The highest BCUT2D eigenvalue weighted by Gasteiger charge is 2.35. The summed E-state index contributed by atoms with van der Waals surface area (Å²) >= 11 is 0. The number of carbonyl (C=O) groups excluding carboxylic acids is 1. The lowest BCUT2D eigenvalue weighted by Gasteiger charge is -2.23. The van der Waals surface area contributed by atoms with Crippen LogP contribution in [0, 0.1) is 0 Å². The maximum Gasteiger partial charge on any atom is 0.303 e. The van der Waals surface area contributed by atoms with Crippen LogP contribution >= 0.6 is 0 Å². The third kappa shape index (κ3) is 4.77. The summed E-state index contributed by atoms with van der Waals surface area (Å²) < 4.78 is 21.5. The van der Waals surface area contributed by atoms with E-state index in [1.54, 1.807) is 52.7 Å². The number of carboxylic acid groups (broad SMARTS) is 1. The zero-order valence-corrected chi connectivity index (χ0v) is 18.5. The minimum Gasteiger partial charge on any atom is -0.497 e. The Labute approximate surface area is 186 Å². The molecule has 9 nitrogen and oxygen atoms in total. The molecule has 0 saturated carbocycles. The SMILES string of the molecule is COc1ccc([C@@H]2CC(c3ccc(OC)c(OC)c3)=NN2C(=O)CCC(=O)O)c(OC)c1. The van der Waals surface area contributed by atoms with E-state index in [9.17, 15) is 9.59 Å². The van der Waals surface area contributed by atoms with Gasteiger partial charge in [0.05, 0.1) is 46.6 Å². The summed E-state index contributed by atoms with van der Waals surface area (Å²) in [6.07, 6.45) is -0.0208. The predicted molar refractivity (Wildman–Crippen MR) is 117 cm³/mol. The minimum absolute atomic E-state index is 0.160. The van der Waals surface area contributed by atoms with Gasteiger partial charge in [-0.25, -0.2) is 5.01 Å². The molecule has 170 valence electrons. The fourth-order valence-electron chi connectivity index (χ4n) is 3.59. The Balaban J connectivity index is 2.00. The second-order valence-corrected chi connectivity index (χ2v) is 7.08. The first-order valence-electron chi connectivity index (χ1n) is 9.97. The smallest absolute Gasteiger partial charge is 0.303 e. The van der Waals surface area contributed by atoms with Crippen molar-refractivity contribution >= 4 is 17.6 Å². The number of amides is 1. The normalized spacial score (nSPS) is 15.2. The number of aliphatic carboxylic acids is 1. The number of benzene rings is 2. The molecule has 0 radical (unpaired) electrons. The van der Waals surface area contributed by atoms with E-state index in [0.29, 0.717) is 35.1 Å². The van der Waals surface area contributed by atoms with E-state index in [4.69, 9.17) is 24.1 Å². The van der Waals surface area contributed by atoms with E-state index in [1.807, 2.05) is 12.1 Å². The lowest BCUT2D eigenvalue weighted by atomic mass is 9.97. The van der Waals surface area contributed by atoms with Crippen LogP contribution in [-0.2, 0) is 9.59 Å². The van der Waals surface area contributed by atoms with Crippen molar-refractivity contribution in [3.05, 3.63) is 47.5 Å². The van der Waals surface area contributed by atoms with Crippen molar-refractivity contribution in [2.75, 3.05) is 28.4 Å². The molecule has 9 heteroatoms. The Kier molecular flexibility index (Phi) is 7.19. The van der Waals surface area contributed by atoms with Gasteiger partial charge in [-0.1, -0.05) is 0 Å². The maximum absolute atomic E-state index is 12.9. The quantitative estimate of drug-likeness (QED) is 0.635. The summed E-state index contributed by atoms with van der Waals surface area (Å²) in [5.74, 6) is 0.869. The molecule has 0 aromatic heterocycles. The van der Waals surface area contributed by atoms with Crippen LogP contribution in [-0.4, -0.2) is 56.1 Å². The third-order valence-corrected chi connectivity index (χ3v) is 5.24. The second-order valence-electron chi connectivity index (χ2n) is 7.08. The topological polar surface area (TPSA) is 107 Å². The molecule has 2 aromatic carbocycles. The van der Waals surface area contributed by atoms with E-state index in [0.717, 1.165) is 11.1 Å². The fourth-order valence-corrected chi connectivity index (χ4v) is 3.59. The second kappa shape index (κ2) is 10.0. The molecule has 32 heavy (non-hydrogen) atoms. The summed E-state index contributed by atoms with van der Waals surface area (Å²) in [5, 5.41) is 14.9. The number of ether oxygens (including phenoxy) is 4. The Morgan fingerprint density at radius 3 is 2.28 bits per heavy atom. The van der Waals surface area contributed by atoms with Gasteiger partial charge in [-0.05, 0) is 30.3 Å². The number of carboxylic acids is 1. The van der Waals surface area contributed by atoms with Gasteiger partial charge in [0.25, 0.3) is 0 Å². The zero-order valence-electron chi connectivity index (χ0n) is 18.5. The molecule has 0 aliphatic carbocycles. The van der Waals surface area contributed by atoms with Gasteiger partial charge >= 0.3 is 5.97 Å². The van der Waals surface area contributed by atoms with Crippen LogP contribution in [0.2, 0.25) is 0 Å². The first-order valence-corrected chi connectivity index (χ1v) is 9.97. The van der Waals surface area contributed by atoms with Gasteiger partial charge in [0.1, 0.15) is 11.5 Å². The van der Waals surface area contributed by atoms with Gasteiger partial charge in [0.15, 0.2) is 11.5 Å². The van der Waals surface area contributed by atoms with Crippen molar-refractivity contribution in [3.8, 4) is 23.0 Å². The van der Waals surface area contributed by atoms with Gasteiger partial charge in [0, 0.05) is 30.0 Å². The summed E-state index contributed by atoms with van der Waals surface area (Å²) in [5.41, 5.74) is 2.18. The third-order valence-electron chi connectivity index (χ3n) is 5.24. The summed E-state index contributed by atoms with van der Waals surface area (Å²) in [4.78, 5) is 23.9. The molecule has 1 aliphatic rings. The van der Waals surface area contributed by atoms with Gasteiger partial charge in [-0.2, -0.15) is 5.10 Å². The molecule has 3 rings (SSSR count). The average molecular weight is 442 g/mol. The van der Waals surface area contributed by atoms with Crippen LogP contribution in [0.15, 0.2) is 41.5 Å². The van der Waals surface area contributed by atoms with Crippen LogP contribution in [0.25, 0.3) is 0 Å².